The Kier molecular flexibility index (Phi) is 4.71. The molecule has 0 aromatic heterocycles. The van der Waals surface area contributed by atoms with Crippen molar-refractivity contribution in [2.45, 2.75) is 24.4 Å². The molecule has 0 aliphatic rings. The average Bonchev–Trinajstić information content (AvgIpc) is 2.07. The molecule has 0 aromatic rings. The van der Waals surface area contributed by atoms with Gasteiger partial charge in [0, 0.05) is 12.6 Å². The average molecular weight is 283 g/mol. The molecule has 0 aliphatic heterocycles. The van der Waals surface area contributed by atoms with E-state index in [4.69, 9.17) is 10.8 Å². The maximum Gasteiger partial charge on any atom is 0.426 e. The molecule has 4 nitrogen and oxygen atoms in total. The van der Waals surface area contributed by atoms with Gasteiger partial charge in [-0.3, -0.25) is 5.43 Å². The molecule has 0 atom stereocenters. The number of nitrogens with one attached hydrogen (secondary N) is 1. The summed E-state index contributed by atoms with van der Waals surface area (Å²) in [5, 5.41) is 11.1. The summed E-state index contributed by atoms with van der Waals surface area (Å²) in [5.74, 6) is 0. The molecule has 0 bridgehead atoms. The fraction of sp³-hybridized carbons (Fsp3) is 0.667. The summed E-state index contributed by atoms with van der Waals surface area (Å²) >= 11 is 4.20. The van der Waals surface area contributed by atoms with Crippen LogP contribution in [0.2, 0.25) is 0 Å². The van der Waals surface area contributed by atoms with Crippen LogP contribution in [-0.2, 0) is 0 Å². The number of hydrogen-bond acceptors (Lipinski definition) is 3. The third-order valence-electron chi connectivity index (χ3n) is 1.59. The number of thiocarbonyl (C=S) groups is 1. The van der Waals surface area contributed by atoms with Crippen LogP contribution in [0, 0.1) is 0 Å². The molecule has 11 heteroatoms. The van der Waals surface area contributed by atoms with E-state index in [2.05, 4.69) is 17.3 Å². The van der Waals surface area contributed by atoms with Crippen molar-refractivity contribution in [3.8, 4) is 0 Å². The summed E-state index contributed by atoms with van der Waals surface area (Å²) in [5.41, 5.74) is 1.71. The van der Waals surface area contributed by atoms with Gasteiger partial charge in [-0.1, -0.05) is 0 Å². The molecule has 4 N–H and O–H groups in total. The van der Waals surface area contributed by atoms with Gasteiger partial charge in [-0.05, 0) is 12.2 Å². The zero-order chi connectivity index (χ0) is 13.9. The van der Waals surface area contributed by atoms with Crippen molar-refractivity contribution in [3.63, 3.8) is 0 Å². The minimum atomic E-state index is -5.87. The minimum absolute atomic E-state index is 0.181. The Morgan fingerprint density at radius 2 is 1.65 bits per heavy atom. The van der Waals surface area contributed by atoms with Crippen molar-refractivity contribution in [1.82, 2.24) is 5.43 Å². The maximum atomic E-state index is 12.1. The number of aliphatic hydroxyl groups is 1. The van der Waals surface area contributed by atoms with Crippen LogP contribution in [0.4, 0.5) is 26.3 Å². The lowest BCUT2D eigenvalue weighted by Gasteiger charge is -2.30. The summed E-state index contributed by atoms with van der Waals surface area (Å²) in [4.78, 5) is 0. The van der Waals surface area contributed by atoms with Gasteiger partial charge in [0.25, 0.3) is 5.60 Å². The number of rotatable bonds is 3. The van der Waals surface area contributed by atoms with Gasteiger partial charge >= 0.3 is 12.4 Å². The number of nitrogens with zero attached hydrogens (tertiary/aromatic N) is 1. The van der Waals surface area contributed by atoms with E-state index in [1.165, 1.54) is 0 Å². The van der Waals surface area contributed by atoms with Crippen molar-refractivity contribution in [1.29, 1.82) is 0 Å². The minimum Gasteiger partial charge on any atom is -0.375 e. The van der Waals surface area contributed by atoms with Crippen molar-refractivity contribution in [2.24, 2.45) is 10.8 Å². The second kappa shape index (κ2) is 5.04. The van der Waals surface area contributed by atoms with Gasteiger partial charge in [0.1, 0.15) is 0 Å². The Labute approximate surface area is 96.5 Å². The molecule has 100 valence electrons. The Morgan fingerprint density at radius 1 is 1.24 bits per heavy atom. The predicted octanol–water partition coefficient (Wildman–Crippen LogP) is 1.05. The Bertz CT molecular complexity index is 298. The molecule has 0 saturated carbocycles. The highest BCUT2D eigenvalue weighted by Crippen LogP contribution is 2.44. The fourth-order valence-corrected chi connectivity index (χ4v) is 0.732. The van der Waals surface area contributed by atoms with Gasteiger partial charge in [-0.2, -0.15) is 31.4 Å². The number of alkyl halides is 6. The molecule has 0 unspecified atom stereocenters. The summed E-state index contributed by atoms with van der Waals surface area (Å²) in [7, 11) is 0. The molecular formula is C6H7F6N3OS. The summed E-state index contributed by atoms with van der Waals surface area (Å²) < 4.78 is 72.5. The molecule has 0 rings (SSSR count). The summed E-state index contributed by atoms with van der Waals surface area (Å²) in [6.45, 7) is 0. The van der Waals surface area contributed by atoms with Gasteiger partial charge in [0.15, 0.2) is 5.11 Å². The normalized spacial score (nSPS) is 14.1. The monoisotopic (exact) mass is 283 g/mol. The highest BCUT2D eigenvalue weighted by Gasteiger charge is 2.69. The Morgan fingerprint density at radius 3 is 1.94 bits per heavy atom. The molecule has 17 heavy (non-hydrogen) atoms. The van der Waals surface area contributed by atoms with Crippen LogP contribution in [0.25, 0.3) is 0 Å². The quantitative estimate of drug-likeness (QED) is 0.313. The molecule has 0 heterocycles. The second-order valence-corrected chi connectivity index (χ2v) is 3.29. The first kappa shape index (κ1) is 15.9. The van der Waals surface area contributed by atoms with Gasteiger partial charge in [0.05, 0.1) is 0 Å². The van der Waals surface area contributed by atoms with E-state index in [1.54, 1.807) is 5.43 Å². The van der Waals surface area contributed by atoms with Crippen LogP contribution in [-0.4, -0.2) is 34.4 Å². The van der Waals surface area contributed by atoms with Crippen molar-refractivity contribution >= 4 is 23.5 Å². The Balaban J connectivity index is 4.88. The first-order valence-corrected chi connectivity index (χ1v) is 4.25. The van der Waals surface area contributed by atoms with Crippen molar-refractivity contribution in [3.05, 3.63) is 0 Å². The zero-order valence-electron chi connectivity index (χ0n) is 7.93. The Hall–Kier alpha value is -1.10. The highest BCUT2D eigenvalue weighted by molar-refractivity contribution is 7.80. The summed E-state index contributed by atoms with van der Waals surface area (Å²) in [6, 6.07) is 0. The SMILES string of the molecule is NC(=S)N/N=C\CC(O)(C(F)(F)F)C(F)(F)F. The van der Waals surface area contributed by atoms with Crippen molar-refractivity contribution in [2.75, 3.05) is 0 Å². The van der Waals surface area contributed by atoms with Crippen LogP contribution in [0.5, 0.6) is 0 Å². The third-order valence-corrected chi connectivity index (χ3v) is 1.68. The van der Waals surface area contributed by atoms with E-state index in [9.17, 15) is 26.3 Å². The number of nitrogens with two attached hydrogens (primary N) is 1. The van der Waals surface area contributed by atoms with Crippen LogP contribution < -0.4 is 11.2 Å². The smallest absolute Gasteiger partial charge is 0.375 e. The first-order chi connectivity index (χ1) is 7.42. The largest absolute Gasteiger partial charge is 0.426 e. The topological polar surface area (TPSA) is 70.6 Å². The molecule has 0 radical (unpaired) electrons. The lowest BCUT2D eigenvalue weighted by molar-refractivity contribution is -0.364. The molecule has 0 aromatic carbocycles. The van der Waals surface area contributed by atoms with Gasteiger partial charge in [-0.25, -0.2) is 0 Å². The van der Waals surface area contributed by atoms with Crippen LogP contribution >= 0.6 is 12.2 Å². The van der Waals surface area contributed by atoms with Crippen LogP contribution in [0.3, 0.4) is 0 Å². The fourth-order valence-electron chi connectivity index (χ4n) is 0.679. The van der Waals surface area contributed by atoms with Gasteiger partial charge < -0.3 is 10.8 Å². The molecule has 0 saturated heterocycles. The van der Waals surface area contributed by atoms with Crippen LogP contribution in [0.15, 0.2) is 5.10 Å². The van der Waals surface area contributed by atoms with Gasteiger partial charge in [-0.15, -0.1) is 0 Å². The zero-order valence-corrected chi connectivity index (χ0v) is 8.75. The highest BCUT2D eigenvalue weighted by atomic mass is 32.1. The number of hydrogen-bond donors (Lipinski definition) is 3. The van der Waals surface area contributed by atoms with Gasteiger partial charge in [0.2, 0.25) is 0 Å². The second-order valence-electron chi connectivity index (χ2n) is 2.85. The van der Waals surface area contributed by atoms with E-state index in [-0.39, 0.29) is 6.21 Å². The molecule has 0 amide bonds. The predicted molar refractivity (Wildman–Crippen MR) is 50.1 cm³/mol. The number of halogens is 6. The lowest BCUT2D eigenvalue weighted by atomic mass is 9.99. The summed E-state index contributed by atoms with van der Waals surface area (Å²) in [6.07, 6.45) is -13.4. The molecule has 0 fully saturated rings. The first-order valence-electron chi connectivity index (χ1n) is 3.84. The molecule has 0 spiro atoms. The van der Waals surface area contributed by atoms with E-state index in [0.717, 1.165) is 0 Å². The van der Waals surface area contributed by atoms with Crippen LogP contribution in [0.1, 0.15) is 6.42 Å². The van der Waals surface area contributed by atoms with Crippen molar-refractivity contribution < 1.29 is 31.4 Å². The van der Waals surface area contributed by atoms with E-state index in [1.807, 2.05) is 0 Å². The maximum absolute atomic E-state index is 12.1. The lowest BCUT2D eigenvalue weighted by Crippen LogP contribution is -2.57. The number of hydrazone groups is 1. The van der Waals surface area contributed by atoms with E-state index < -0.39 is 29.5 Å². The molecular weight excluding hydrogens is 276 g/mol. The van der Waals surface area contributed by atoms with E-state index in [0.29, 0.717) is 0 Å². The standard InChI is InChI=1S/C6H7F6N3OS/c7-5(8,9)4(16,6(10,11)12)1-2-14-15-3(13)17/h2,16H,1H2,(H3,13,15,17)/b14-2-. The van der Waals surface area contributed by atoms with E-state index >= 15 is 0 Å². The third kappa shape index (κ3) is 4.00. The molecule has 0 aliphatic carbocycles.